The Morgan fingerprint density at radius 1 is 1.50 bits per heavy atom. The van der Waals surface area contributed by atoms with E-state index in [9.17, 15) is 0 Å². The first-order chi connectivity index (χ1) is 2.50. The van der Waals surface area contributed by atoms with E-state index in [0.29, 0.717) is 0 Å². The number of rotatable bonds is 0. The van der Waals surface area contributed by atoms with Gasteiger partial charge in [0.25, 0.3) is 0 Å². The quantitative estimate of drug-likeness (QED) is 0.409. The fraction of sp³-hybridized carbons (Fsp3) is 0. The van der Waals surface area contributed by atoms with Gasteiger partial charge in [-0.25, -0.2) is 4.98 Å². The summed E-state index contributed by atoms with van der Waals surface area (Å²) in [6, 6.07) is 0. The van der Waals surface area contributed by atoms with Crippen LogP contribution in [-0.4, -0.2) is 22.3 Å². The van der Waals surface area contributed by atoms with E-state index in [1.807, 2.05) is 0 Å². The van der Waals surface area contributed by atoms with Crippen LogP contribution in [0.1, 0.15) is 0 Å². The summed E-state index contributed by atoms with van der Waals surface area (Å²) in [4.78, 5) is 3.56. The number of hydrogen-bond acceptors (Lipinski definition) is 2. The lowest BCUT2D eigenvalue weighted by molar-refractivity contribution is 0.558. The van der Waals surface area contributed by atoms with Crippen molar-refractivity contribution in [3.8, 4) is 0 Å². The van der Waals surface area contributed by atoms with Crippen molar-refractivity contribution >= 4 is 17.4 Å². The van der Waals surface area contributed by atoms with E-state index < -0.39 is 0 Å². The summed E-state index contributed by atoms with van der Waals surface area (Å²) < 4.78 is 4.47. The molecule has 0 radical (unpaired) electrons. The normalized spacial score (nSPS) is 6.67. The molecular formula is C3H6AlNO. The minimum Gasteiger partial charge on any atom is -0.452 e. The van der Waals surface area contributed by atoms with Gasteiger partial charge in [0.05, 0.1) is 6.20 Å². The van der Waals surface area contributed by atoms with Crippen LogP contribution >= 0.6 is 0 Å². The SMILES string of the molecule is [AlH3].c1cocn1. The van der Waals surface area contributed by atoms with Crippen molar-refractivity contribution in [2.45, 2.75) is 0 Å². The highest BCUT2D eigenvalue weighted by Crippen LogP contribution is 1.72. The molecule has 0 N–H and O–H groups in total. The standard InChI is InChI=1S/C3H3NO.Al.3H/c1-2-5-3-4-1;;;;/h1-3H;;;;. The summed E-state index contributed by atoms with van der Waals surface area (Å²) in [6.45, 7) is 0. The highest BCUT2D eigenvalue weighted by atomic mass is 27.0. The maximum atomic E-state index is 4.47. The van der Waals surface area contributed by atoms with Crippen molar-refractivity contribution in [2.75, 3.05) is 0 Å². The molecule has 0 saturated heterocycles. The second-order valence-electron chi connectivity index (χ2n) is 0.676. The van der Waals surface area contributed by atoms with E-state index in [2.05, 4.69) is 9.40 Å². The second-order valence-corrected chi connectivity index (χ2v) is 0.676. The molecule has 0 fully saturated rings. The predicted octanol–water partition coefficient (Wildman–Crippen LogP) is -0.509. The molecule has 0 aliphatic heterocycles. The summed E-state index contributed by atoms with van der Waals surface area (Å²) in [6.07, 6.45) is 4.47. The van der Waals surface area contributed by atoms with Crippen LogP contribution < -0.4 is 0 Å². The Balaban J connectivity index is 0.000000250. The largest absolute Gasteiger partial charge is 0.452 e. The van der Waals surface area contributed by atoms with Crippen LogP contribution in [-0.2, 0) is 0 Å². The van der Waals surface area contributed by atoms with Gasteiger partial charge in [-0.2, -0.15) is 0 Å². The fourth-order valence-corrected chi connectivity index (χ4v) is 0.176. The van der Waals surface area contributed by atoms with E-state index in [-0.39, 0.29) is 17.4 Å². The van der Waals surface area contributed by atoms with Crippen molar-refractivity contribution in [2.24, 2.45) is 0 Å². The summed E-state index contributed by atoms with van der Waals surface area (Å²) in [5.74, 6) is 0. The molecule has 0 aliphatic rings. The van der Waals surface area contributed by atoms with E-state index >= 15 is 0 Å². The van der Waals surface area contributed by atoms with Crippen LogP contribution in [0.15, 0.2) is 23.3 Å². The summed E-state index contributed by atoms with van der Waals surface area (Å²) in [5.41, 5.74) is 0. The molecule has 3 heteroatoms. The first-order valence-corrected chi connectivity index (χ1v) is 1.32. The Morgan fingerprint density at radius 2 is 2.33 bits per heavy atom. The number of hydrogen-bond donors (Lipinski definition) is 0. The van der Waals surface area contributed by atoms with Gasteiger partial charge in [0.2, 0.25) is 0 Å². The predicted molar refractivity (Wildman–Crippen MR) is 26.4 cm³/mol. The molecular weight excluding hydrogens is 93.0 g/mol. The van der Waals surface area contributed by atoms with Gasteiger partial charge in [-0.3, -0.25) is 0 Å². The zero-order valence-electron chi connectivity index (χ0n) is 2.59. The summed E-state index contributed by atoms with van der Waals surface area (Å²) in [5, 5.41) is 0. The first-order valence-electron chi connectivity index (χ1n) is 1.32. The zero-order chi connectivity index (χ0) is 3.54. The van der Waals surface area contributed by atoms with Crippen molar-refractivity contribution in [1.82, 2.24) is 4.98 Å². The van der Waals surface area contributed by atoms with Gasteiger partial charge in [-0.1, -0.05) is 0 Å². The third-order valence-corrected chi connectivity index (χ3v) is 0.347. The van der Waals surface area contributed by atoms with Gasteiger partial charge < -0.3 is 4.42 Å². The number of aromatic nitrogens is 1. The molecule has 32 valence electrons. The summed E-state index contributed by atoms with van der Waals surface area (Å²) >= 11 is 0. The Labute approximate surface area is 46.3 Å². The molecule has 1 heterocycles. The molecule has 0 aliphatic carbocycles. The van der Waals surface area contributed by atoms with Crippen LogP contribution in [0, 0.1) is 0 Å². The van der Waals surface area contributed by atoms with Gasteiger partial charge in [0.1, 0.15) is 6.26 Å². The third kappa shape index (κ3) is 1.25. The van der Waals surface area contributed by atoms with E-state index in [4.69, 9.17) is 0 Å². The number of nitrogens with zero attached hydrogens (tertiary/aromatic N) is 1. The average Bonchev–Trinajstić information content (AvgIpc) is 1.76. The molecule has 0 saturated carbocycles. The molecule has 0 unspecified atom stereocenters. The maximum absolute atomic E-state index is 4.47. The first kappa shape index (κ1) is 5.74. The van der Waals surface area contributed by atoms with Crippen LogP contribution in [0.2, 0.25) is 0 Å². The van der Waals surface area contributed by atoms with Crippen molar-refractivity contribution in [3.05, 3.63) is 18.9 Å². The lowest BCUT2D eigenvalue weighted by atomic mass is 11.0. The Kier molecular flexibility index (Phi) is 2.83. The highest BCUT2D eigenvalue weighted by Gasteiger charge is 1.59. The van der Waals surface area contributed by atoms with Crippen molar-refractivity contribution < 1.29 is 4.42 Å². The average molecular weight is 99.1 g/mol. The number of oxazole rings is 1. The van der Waals surface area contributed by atoms with Crippen LogP contribution in [0.3, 0.4) is 0 Å². The van der Waals surface area contributed by atoms with E-state index in [0.717, 1.165) is 0 Å². The molecule has 1 rings (SSSR count). The summed E-state index contributed by atoms with van der Waals surface area (Å²) in [7, 11) is 0. The van der Waals surface area contributed by atoms with Crippen LogP contribution in [0.25, 0.3) is 0 Å². The van der Waals surface area contributed by atoms with Gasteiger partial charge in [-0.15, -0.1) is 0 Å². The smallest absolute Gasteiger partial charge is 0.187 e. The van der Waals surface area contributed by atoms with Crippen LogP contribution in [0.4, 0.5) is 0 Å². The van der Waals surface area contributed by atoms with Gasteiger partial charge in [0.15, 0.2) is 23.8 Å². The Morgan fingerprint density at radius 3 is 2.50 bits per heavy atom. The van der Waals surface area contributed by atoms with E-state index in [1.54, 1.807) is 6.20 Å². The molecule has 1 aromatic heterocycles. The monoisotopic (exact) mass is 99.0 g/mol. The zero-order valence-corrected chi connectivity index (χ0v) is 2.59. The third-order valence-electron chi connectivity index (χ3n) is 0.347. The lowest BCUT2D eigenvalue weighted by Crippen LogP contribution is -1.38. The van der Waals surface area contributed by atoms with E-state index in [1.165, 1.54) is 12.7 Å². The van der Waals surface area contributed by atoms with Crippen molar-refractivity contribution in [1.29, 1.82) is 0 Å². The maximum Gasteiger partial charge on any atom is 0.187 e. The Bertz CT molecular complexity index is 67.3. The Hall–Kier alpha value is -0.258. The minimum absolute atomic E-state index is 0. The second kappa shape index (κ2) is 2.95. The van der Waals surface area contributed by atoms with Crippen molar-refractivity contribution in [3.63, 3.8) is 0 Å². The van der Waals surface area contributed by atoms with Crippen LogP contribution in [0.5, 0.6) is 0 Å². The molecule has 6 heavy (non-hydrogen) atoms. The molecule has 0 amide bonds. The van der Waals surface area contributed by atoms with Gasteiger partial charge in [-0.05, 0) is 0 Å². The molecule has 0 atom stereocenters. The van der Waals surface area contributed by atoms with Gasteiger partial charge in [0, 0.05) is 0 Å². The molecule has 1 aromatic rings. The fourth-order valence-electron chi connectivity index (χ4n) is 0.176. The lowest BCUT2D eigenvalue weighted by Gasteiger charge is -1.47. The topological polar surface area (TPSA) is 26.0 Å². The highest BCUT2D eigenvalue weighted by molar-refractivity contribution is 5.75. The van der Waals surface area contributed by atoms with Gasteiger partial charge >= 0.3 is 0 Å². The molecule has 0 bridgehead atoms. The molecule has 0 spiro atoms. The molecule has 0 aromatic carbocycles. The molecule has 2 nitrogen and oxygen atoms in total. The minimum atomic E-state index is 0.